The first-order chi connectivity index (χ1) is 9.06. The monoisotopic (exact) mass is 383 g/mol. The normalized spacial score (nSPS) is 12.3. The van der Waals surface area contributed by atoms with Crippen molar-refractivity contribution >= 4 is 31.9 Å². The van der Waals surface area contributed by atoms with Gasteiger partial charge >= 0.3 is 21.8 Å². The second-order valence-electron chi connectivity index (χ2n) is 2.47. The summed E-state index contributed by atoms with van der Waals surface area (Å²) in [6.07, 6.45) is 1.25. The molecular weight excluding hydrogens is 377 g/mol. The van der Waals surface area contributed by atoms with Gasteiger partial charge in [0.1, 0.15) is 0 Å². The molecule has 22 heavy (non-hydrogen) atoms. The molecule has 0 aromatic carbocycles. The number of hydrogen-bond donors (Lipinski definition) is 1. The molecule has 0 aliphatic rings. The summed E-state index contributed by atoms with van der Waals surface area (Å²) in [7, 11) is -21.9. The van der Waals surface area contributed by atoms with E-state index in [0.29, 0.717) is 5.41 Å². The molecule has 0 aliphatic carbocycles. The van der Waals surface area contributed by atoms with E-state index < -0.39 is 31.9 Å². The molecule has 19 heteroatoms. The van der Waals surface area contributed by atoms with Gasteiger partial charge in [-0.3, -0.25) is 4.55 Å². The first kappa shape index (κ1) is 29.1. The zero-order chi connectivity index (χ0) is 19.4. The quantitative estimate of drug-likeness (QED) is 0.418. The van der Waals surface area contributed by atoms with Crippen LogP contribution in [0, 0.1) is 0 Å². The van der Waals surface area contributed by atoms with E-state index >= 15 is 0 Å². The standard InChI is InChI=1S/C3H6O3S.3BF4/c1-2-3-7(4,5)6;3*2-1(3,4)5/h2-3H,1H3,(H,4,5,6);;;/q;3*-1. The van der Waals surface area contributed by atoms with E-state index in [2.05, 4.69) is 0 Å². The summed E-state index contributed by atoms with van der Waals surface area (Å²) in [6.45, 7) is 1.51. The second-order valence-corrected chi connectivity index (χ2v) is 3.77. The molecule has 138 valence electrons. The lowest BCUT2D eigenvalue weighted by Gasteiger charge is -1.94. The lowest BCUT2D eigenvalue weighted by molar-refractivity contribution is 0.366. The third-order valence-corrected chi connectivity index (χ3v) is 0.924. The maximum absolute atomic E-state index is 9.75. The average molecular weight is 383 g/mol. The Labute approximate surface area is 116 Å². The number of hydrogen-bond acceptors (Lipinski definition) is 2. The zero-order valence-electron chi connectivity index (χ0n) is 10.1. The van der Waals surface area contributed by atoms with Crippen molar-refractivity contribution in [1.29, 1.82) is 0 Å². The predicted molar refractivity (Wildman–Crippen MR) is 56.9 cm³/mol. The van der Waals surface area contributed by atoms with Crippen LogP contribution in [0.1, 0.15) is 6.92 Å². The van der Waals surface area contributed by atoms with E-state index in [0.717, 1.165) is 0 Å². The third kappa shape index (κ3) is 682. The van der Waals surface area contributed by atoms with Crippen molar-refractivity contribution in [3.05, 3.63) is 11.5 Å². The van der Waals surface area contributed by atoms with Gasteiger partial charge in [-0.2, -0.15) is 8.42 Å². The molecular formula is C3H6B3F12O3S-3. The molecule has 0 heterocycles. The van der Waals surface area contributed by atoms with Crippen LogP contribution in [0.25, 0.3) is 0 Å². The Morgan fingerprint density at radius 2 is 0.818 bits per heavy atom. The topological polar surface area (TPSA) is 54.4 Å². The molecule has 0 fully saturated rings. The first-order valence-corrected chi connectivity index (χ1v) is 5.78. The number of allylic oxidation sites excluding steroid dienone is 1. The van der Waals surface area contributed by atoms with Gasteiger partial charge < -0.3 is 51.8 Å². The lowest BCUT2D eigenvalue weighted by atomic mass is 10.3. The molecule has 0 saturated carbocycles. The highest BCUT2D eigenvalue weighted by molar-refractivity contribution is 7.88. The predicted octanol–water partition coefficient (Wildman–Crippen LogP) is 4.31. The van der Waals surface area contributed by atoms with Crippen molar-refractivity contribution < 1.29 is 64.8 Å². The largest absolute Gasteiger partial charge is 0.673 e. The molecule has 0 aromatic heterocycles. The minimum Gasteiger partial charge on any atom is -0.418 e. The highest BCUT2D eigenvalue weighted by Gasteiger charge is 2.21. The molecule has 0 aliphatic heterocycles. The van der Waals surface area contributed by atoms with Crippen molar-refractivity contribution in [3.63, 3.8) is 0 Å². The van der Waals surface area contributed by atoms with Crippen LogP contribution in [-0.4, -0.2) is 34.7 Å². The Morgan fingerprint density at radius 1 is 0.682 bits per heavy atom. The van der Waals surface area contributed by atoms with Crippen LogP contribution in [0.5, 0.6) is 0 Å². The molecule has 0 aromatic rings. The summed E-state index contributed by atoms with van der Waals surface area (Å²) in [6, 6.07) is 0. The Bertz CT molecular complexity index is 335. The van der Waals surface area contributed by atoms with E-state index in [1.807, 2.05) is 0 Å². The van der Waals surface area contributed by atoms with Gasteiger partial charge in [0.05, 0.1) is 5.41 Å². The van der Waals surface area contributed by atoms with Crippen molar-refractivity contribution in [2.75, 3.05) is 0 Å². The van der Waals surface area contributed by atoms with Crippen LogP contribution in [-0.2, 0) is 10.1 Å². The summed E-state index contributed by atoms with van der Waals surface area (Å²) in [5.41, 5.74) is 0. The van der Waals surface area contributed by atoms with E-state index in [-0.39, 0.29) is 0 Å². The van der Waals surface area contributed by atoms with Gasteiger partial charge in [-0.1, -0.05) is 6.08 Å². The Kier molecular flexibility index (Phi) is 15.3. The van der Waals surface area contributed by atoms with Crippen LogP contribution in [0.4, 0.5) is 51.8 Å². The molecule has 3 nitrogen and oxygen atoms in total. The van der Waals surface area contributed by atoms with E-state index in [1.165, 1.54) is 13.0 Å². The third-order valence-electron chi connectivity index (χ3n) is 0.308. The van der Waals surface area contributed by atoms with Crippen molar-refractivity contribution in [2.24, 2.45) is 0 Å². The molecule has 0 amide bonds. The molecule has 0 bridgehead atoms. The minimum absolute atomic E-state index is 0.715. The van der Waals surface area contributed by atoms with Crippen LogP contribution >= 0.6 is 0 Å². The molecule has 0 rings (SSSR count). The SMILES string of the molecule is CC=CS(=O)(=O)O.F[B-](F)(F)F.F[B-](F)(F)F.F[B-](F)(F)F. The fraction of sp³-hybridized carbons (Fsp3) is 0.333. The lowest BCUT2D eigenvalue weighted by Crippen LogP contribution is -2.02. The maximum atomic E-state index is 9.75. The van der Waals surface area contributed by atoms with Crippen LogP contribution in [0.3, 0.4) is 0 Å². The Morgan fingerprint density at radius 3 is 0.818 bits per heavy atom. The Hall–Kier alpha value is -0.995. The smallest absolute Gasteiger partial charge is 0.418 e. The van der Waals surface area contributed by atoms with Gasteiger partial charge in [-0.05, 0) is 6.92 Å². The summed E-state index contributed by atoms with van der Waals surface area (Å²) >= 11 is 0. The van der Waals surface area contributed by atoms with Crippen molar-refractivity contribution in [3.8, 4) is 0 Å². The Balaban J connectivity index is -0.0000000995. The van der Waals surface area contributed by atoms with Crippen molar-refractivity contribution in [2.45, 2.75) is 6.92 Å². The molecule has 0 spiro atoms. The van der Waals surface area contributed by atoms with Gasteiger partial charge in [-0.15, -0.1) is 0 Å². The van der Waals surface area contributed by atoms with Crippen LogP contribution in [0.15, 0.2) is 11.5 Å². The summed E-state index contributed by atoms with van der Waals surface area (Å²) in [4.78, 5) is 0. The highest BCUT2D eigenvalue weighted by atomic mass is 32.2. The maximum Gasteiger partial charge on any atom is 0.673 e. The van der Waals surface area contributed by atoms with E-state index in [4.69, 9.17) is 4.55 Å². The zero-order valence-corrected chi connectivity index (χ0v) is 10.9. The molecule has 0 radical (unpaired) electrons. The van der Waals surface area contributed by atoms with Crippen LogP contribution in [0.2, 0.25) is 0 Å². The van der Waals surface area contributed by atoms with E-state index in [9.17, 15) is 60.2 Å². The van der Waals surface area contributed by atoms with Gasteiger partial charge in [0.2, 0.25) is 0 Å². The van der Waals surface area contributed by atoms with E-state index in [1.54, 1.807) is 0 Å². The van der Waals surface area contributed by atoms with Crippen LogP contribution < -0.4 is 0 Å². The fourth-order valence-electron chi connectivity index (χ4n) is 0.172. The summed E-state index contributed by atoms with van der Waals surface area (Å²) in [5.74, 6) is 0. The number of halogens is 12. The average Bonchev–Trinajstić information content (AvgIpc) is 1.88. The highest BCUT2D eigenvalue weighted by Crippen LogP contribution is 2.07. The minimum atomic E-state index is -6.00. The molecule has 0 unspecified atom stereocenters. The molecule has 1 N–H and O–H groups in total. The van der Waals surface area contributed by atoms with Gasteiger partial charge in [-0.25, -0.2) is 0 Å². The van der Waals surface area contributed by atoms with Gasteiger partial charge in [0, 0.05) is 0 Å². The second kappa shape index (κ2) is 11.6. The number of rotatable bonds is 1. The van der Waals surface area contributed by atoms with Gasteiger partial charge in [0.15, 0.2) is 0 Å². The molecule has 0 saturated heterocycles. The summed E-state index contributed by atoms with van der Waals surface area (Å²) < 4.78 is 144. The molecule has 0 atom stereocenters. The fourth-order valence-corrected chi connectivity index (χ4v) is 0.516. The first-order valence-electron chi connectivity index (χ1n) is 4.28. The van der Waals surface area contributed by atoms with Crippen molar-refractivity contribution in [1.82, 2.24) is 0 Å². The summed E-state index contributed by atoms with van der Waals surface area (Å²) in [5, 5.41) is 0.715. The van der Waals surface area contributed by atoms with Gasteiger partial charge in [0.25, 0.3) is 10.1 Å².